The second-order valence-corrected chi connectivity index (χ2v) is 6.14. The van der Waals surface area contributed by atoms with Gasteiger partial charge in [-0.25, -0.2) is 4.79 Å². The zero-order valence-corrected chi connectivity index (χ0v) is 14.1. The van der Waals surface area contributed by atoms with Crippen LogP contribution in [0.5, 0.6) is 5.75 Å². The molecule has 0 spiro atoms. The molecule has 1 amide bonds. The molecule has 1 aromatic rings. The van der Waals surface area contributed by atoms with Gasteiger partial charge in [0.15, 0.2) is 12.7 Å². The topological polar surface area (TPSA) is 112 Å². The molecule has 0 unspecified atom stereocenters. The molecule has 25 heavy (non-hydrogen) atoms. The standard InChI is InChI=1S/C18H19N3O4/c1-12(25-15-7-3-13(9-19)4-8-15)17(23)24-10-16(22)21-18(2,11-20)14-5-6-14/h3-4,7-8,12,14H,5-6,10H2,1-2H3,(H,21,22)/t12-,18-/m1/s1. The summed E-state index contributed by atoms with van der Waals surface area (Å²) in [5, 5.41) is 20.5. The summed E-state index contributed by atoms with van der Waals surface area (Å²) in [6.07, 6.45) is 0.894. The van der Waals surface area contributed by atoms with E-state index in [1.54, 1.807) is 31.2 Å². The molecule has 7 nitrogen and oxygen atoms in total. The second-order valence-electron chi connectivity index (χ2n) is 6.14. The van der Waals surface area contributed by atoms with Gasteiger partial charge in [0, 0.05) is 0 Å². The number of carbonyl (C=O) groups is 2. The fraction of sp³-hybridized carbons (Fsp3) is 0.444. The summed E-state index contributed by atoms with van der Waals surface area (Å²) in [6, 6.07) is 10.4. The number of amides is 1. The first-order chi connectivity index (χ1) is 11.9. The van der Waals surface area contributed by atoms with Gasteiger partial charge in [-0.1, -0.05) is 0 Å². The Morgan fingerprint density at radius 3 is 2.48 bits per heavy atom. The van der Waals surface area contributed by atoms with Gasteiger partial charge in [0.1, 0.15) is 11.3 Å². The highest BCUT2D eigenvalue weighted by Crippen LogP contribution is 2.39. The number of nitriles is 2. The minimum atomic E-state index is -0.923. The number of hydrogen-bond donors (Lipinski definition) is 1. The molecule has 1 N–H and O–H groups in total. The van der Waals surface area contributed by atoms with Gasteiger partial charge >= 0.3 is 5.97 Å². The van der Waals surface area contributed by atoms with Crippen LogP contribution in [0.2, 0.25) is 0 Å². The molecule has 0 bridgehead atoms. The van der Waals surface area contributed by atoms with Gasteiger partial charge in [-0.2, -0.15) is 10.5 Å². The molecule has 2 rings (SSSR count). The van der Waals surface area contributed by atoms with Crippen molar-refractivity contribution in [3.63, 3.8) is 0 Å². The lowest BCUT2D eigenvalue weighted by Gasteiger charge is -2.22. The van der Waals surface area contributed by atoms with Crippen molar-refractivity contribution in [2.45, 2.75) is 38.3 Å². The summed E-state index contributed by atoms with van der Waals surface area (Å²) < 4.78 is 10.3. The Kier molecular flexibility index (Phi) is 5.61. The number of carbonyl (C=O) groups excluding carboxylic acids is 2. The Hall–Kier alpha value is -3.06. The molecule has 0 aromatic heterocycles. The van der Waals surface area contributed by atoms with Crippen LogP contribution in [0.15, 0.2) is 24.3 Å². The fourth-order valence-electron chi connectivity index (χ4n) is 2.32. The van der Waals surface area contributed by atoms with Crippen LogP contribution in [0.1, 0.15) is 32.3 Å². The van der Waals surface area contributed by atoms with Crippen molar-refractivity contribution in [3.05, 3.63) is 29.8 Å². The van der Waals surface area contributed by atoms with E-state index in [0.29, 0.717) is 11.3 Å². The van der Waals surface area contributed by atoms with Crippen molar-refractivity contribution in [2.75, 3.05) is 6.61 Å². The van der Waals surface area contributed by atoms with Gasteiger partial charge in [-0.3, -0.25) is 4.79 Å². The van der Waals surface area contributed by atoms with E-state index in [9.17, 15) is 14.9 Å². The molecular weight excluding hydrogens is 322 g/mol. The largest absolute Gasteiger partial charge is 0.479 e. The summed E-state index contributed by atoms with van der Waals surface area (Å²) >= 11 is 0. The molecule has 0 heterocycles. The summed E-state index contributed by atoms with van der Waals surface area (Å²) in [5.41, 5.74) is -0.441. The third-order valence-corrected chi connectivity index (χ3v) is 4.00. The van der Waals surface area contributed by atoms with Crippen molar-refractivity contribution in [3.8, 4) is 17.9 Å². The molecule has 1 fully saturated rings. The smallest absolute Gasteiger partial charge is 0.347 e. The van der Waals surface area contributed by atoms with Crippen LogP contribution >= 0.6 is 0 Å². The molecular formula is C18H19N3O4. The molecule has 7 heteroatoms. The van der Waals surface area contributed by atoms with Crippen LogP contribution in [0, 0.1) is 28.6 Å². The van der Waals surface area contributed by atoms with Crippen molar-refractivity contribution in [2.24, 2.45) is 5.92 Å². The van der Waals surface area contributed by atoms with E-state index in [4.69, 9.17) is 14.7 Å². The van der Waals surface area contributed by atoms with E-state index in [1.165, 1.54) is 6.92 Å². The van der Waals surface area contributed by atoms with E-state index < -0.39 is 30.1 Å². The lowest BCUT2D eigenvalue weighted by atomic mass is 9.98. The second kappa shape index (κ2) is 7.67. The van der Waals surface area contributed by atoms with Gasteiger partial charge in [0.05, 0.1) is 17.7 Å². The van der Waals surface area contributed by atoms with Gasteiger partial charge in [-0.15, -0.1) is 0 Å². The van der Waals surface area contributed by atoms with Gasteiger partial charge in [-0.05, 0) is 56.9 Å². The maximum Gasteiger partial charge on any atom is 0.347 e. The van der Waals surface area contributed by atoms with Crippen LogP contribution in [-0.2, 0) is 14.3 Å². The van der Waals surface area contributed by atoms with E-state index in [0.717, 1.165) is 12.8 Å². The Morgan fingerprint density at radius 2 is 1.96 bits per heavy atom. The van der Waals surface area contributed by atoms with Crippen LogP contribution in [0.25, 0.3) is 0 Å². The zero-order chi connectivity index (χ0) is 18.4. The SMILES string of the molecule is C[C@@H](Oc1ccc(C#N)cc1)C(=O)OCC(=O)N[C@](C)(C#N)C1CC1. The minimum absolute atomic E-state index is 0.149. The summed E-state index contributed by atoms with van der Waals surface area (Å²) in [4.78, 5) is 23.8. The third kappa shape index (κ3) is 4.95. The molecule has 1 saturated carbocycles. The third-order valence-electron chi connectivity index (χ3n) is 4.00. The van der Waals surface area contributed by atoms with E-state index in [-0.39, 0.29) is 5.92 Å². The molecule has 130 valence electrons. The lowest BCUT2D eigenvalue weighted by Crippen LogP contribution is -2.48. The maximum absolute atomic E-state index is 11.9. The van der Waals surface area contributed by atoms with Crippen LogP contribution in [0.4, 0.5) is 0 Å². The van der Waals surface area contributed by atoms with Crippen LogP contribution in [0.3, 0.4) is 0 Å². The van der Waals surface area contributed by atoms with Crippen molar-refractivity contribution in [1.82, 2.24) is 5.32 Å². The molecule has 0 aliphatic heterocycles. The highest BCUT2D eigenvalue weighted by Gasteiger charge is 2.43. The first-order valence-corrected chi connectivity index (χ1v) is 7.93. The fourth-order valence-corrected chi connectivity index (χ4v) is 2.32. The Balaban J connectivity index is 1.79. The molecule has 0 radical (unpaired) electrons. The van der Waals surface area contributed by atoms with E-state index in [2.05, 4.69) is 11.4 Å². The predicted molar refractivity (Wildman–Crippen MR) is 87.1 cm³/mol. The number of ether oxygens (including phenoxy) is 2. The first-order valence-electron chi connectivity index (χ1n) is 7.93. The highest BCUT2D eigenvalue weighted by molar-refractivity contribution is 5.82. The van der Waals surface area contributed by atoms with Crippen LogP contribution < -0.4 is 10.1 Å². The number of nitrogens with one attached hydrogen (secondary N) is 1. The predicted octanol–water partition coefficient (Wildman–Crippen LogP) is 1.68. The van der Waals surface area contributed by atoms with Crippen LogP contribution in [-0.4, -0.2) is 30.1 Å². The summed E-state index contributed by atoms with van der Waals surface area (Å²) in [5.74, 6) is -0.644. The summed E-state index contributed by atoms with van der Waals surface area (Å²) in [7, 11) is 0. The molecule has 1 aliphatic carbocycles. The zero-order valence-electron chi connectivity index (χ0n) is 14.1. The first kappa shape index (κ1) is 18.3. The lowest BCUT2D eigenvalue weighted by molar-refractivity contribution is -0.155. The summed E-state index contributed by atoms with van der Waals surface area (Å²) in [6.45, 7) is 2.70. The van der Waals surface area contributed by atoms with E-state index in [1.807, 2.05) is 6.07 Å². The molecule has 2 atom stereocenters. The number of nitrogens with zero attached hydrogens (tertiary/aromatic N) is 2. The van der Waals surface area contributed by atoms with Gasteiger partial charge in [0.2, 0.25) is 0 Å². The van der Waals surface area contributed by atoms with Crippen molar-refractivity contribution < 1.29 is 19.1 Å². The van der Waals surface area contributed by atoms with Gasteiger partial charge in [0.25, 0.3) is 5.91 Å². The molecule has 1 aromatic carbocycles. The Bertz CT molecular complexity index is 728. The van der Waals surface area contributed by atoms with E-state index >= 15 is 0 Å². The monoisotopic (exact) mass is 341 g/mol. The Morgan fingerprint density at radius 1 is 1.32 bits per heavy atom. The van der Waals surface area contributed by atoms with Crippen molar-refractivity contribution >= 4 is 11.9 Å². The molecule has 1 aliphatic rings. The quantitative estimate of drug-likeness (QED) is 0.755. The van der Waals surface area contributed by atoms with Crippen molar-refractivity contribution in [1.29, 1.82) is 10.5 Å². The normalized spacial score (nSPS) is 16.5. The maximum atomic E-state index is 11.9. The molecule has 0 saturated heterocycles. The average Bonchev–Trinajstić information content (AvgIpc) is 3.45. The highest BCUT2D eigenvalue weighted by atomic mass is 16.6. The number of benzene rings is 1. The number of esters is 1. The minimum Gasteiger partial charge on any atom is -0.479 e. The Labute approximate surface area is 146 Å². The number of hydrogen-bond acceptors (Lipinski definition) is 6. The average molecular weight is 341 g/mol. The van der Waals surface area contributed by atoms with Gasteiger partial charge < -0.3 is 14.8 Å². The number of rotatable bonds is 7.